The van der Waals surface area contributed by atoms with E-state index in [1.54, 1.807) is 23.9 Å². The highest BCUT2D eigenvalue weighted by molar-refractivity contribution is 6.05. The van der Waals surface area contributed by atoms with Crippen molar-refractivity contribution in [3.05, 3.63) is 99.4 Å². The summed E-state index contributed by atoms with van der Waals surface area (Å²) in [6, 6.07) is 13.2. The maximum atomic E-state index is 13.6. The number of amides is 2. The minimum absolute atomic E-state index is 0.000697. The third-order valence-electron chi connectivity index (χ3n) is 12.6. The molecule has 2 amide bonds. The number of piperazine rings is 1. The second kappa shape index (κ2) is 27.4. The number of ether oxygens (including phenoxy) is 5. The van der Waals surface area contributed by atoms with Gasteiger partial charge < -0.3 is 49.9 Å². The van der Waals surface area contributed by atoms with E-state index in [2.05, 4.69) is 46.0 Å². The minimum atomic E-state index is -0.284. The zero-order valence-electron chi connectivity index (χ0n) is 42.0. The third-order valence-corrected chi connectivity index (χ3v) is 12.6. The van der Waals surface area contributed by atoms with Gasteiger partial charge in [-0.2, -0.15) is 4.98 Å². The summed E-state index contributed by atoms with van der Waals surface area (Å²) in [5, 5.41) is 13.0. The molecule has 0 bridgehead atoms. The molecule has 1 aliphatic carbocycles. The van der Waals surface area contributed by atoms with Crippen LogP contribution in [0.4, 0.5) is 28.8 Å². The van der Waals surface area contributed by atoms with Gasteiger partial charge in [-0.05, 0) is 94.1 Å². The molecule has 0 unspecified atom stereocenters. The maximum Gasteiger partial charge on any atom is 0.263 e. The Bertz CT molecular complexity index is 2620. The number of nitrogens with zero attached hydrogens (tertiary/aromatic N) is 7. The van der Waals surface area contributed by atoms with Gasteiger partial charge in [0.2, 0.25) is 11.9 Å². The van der Waals surface area contributed by atoms with E-state index in [4.69, 9.17) is 28.7 Å². The number of rotatable bonds is 28. The van der Waals surface area contributed by atoms with E-state index in [9.17, 15) is 19.2 Å². The van der Waals surface area contributed by atoms with Gasteiger partial charge >= 0.3 is 0 Å². The van der Waals surface area contributed by atoms with Gasteiger partial charge in [0.25, 0.3) is 11.5 Å². The average Bonchev–Trinajstić information content (AvgIpc) is 3.90. The van der Waals surface area contributed by atoms with Gasteiger partial charge in [-0.25, -0.2) is 9.97 Å². The molecule has 1 aromatic carbocycles. The van der Waals surface area contributed by atoms with Gasteiger partial charge in [-0.1, -0.05) is 12.8 Å². The van der Waals surface area contributed by atoms with Crippen LogP contribution in [0.15, 0.2) is 65.8 Å². The Kier molecular flexibility index (Phi) is 20.3. The first-order valence-electron chi connectivity index (χ1n) is 24.9. The van der Waals surface area contributed by atoms with E-state index in [0.717, 1.165) is 74.5 Å². The van der Waals surface area contributed by atoms with Crippen LogP contribution in [0, 0.1) is 20.8 Å². The van der Waals surface area contributed by atoms with Crippen LogP contribution in [0.1, 0.15) is 76.2 Å². The van der Waals surface area contributed by atoms with Gasteiger partial charge in [-0.15, -0.1) is 0 Å². The second-order valence-corrected chi connectivity index (χ2v) is 17.9. The Morgan fingerprint density at radius 3 is 1.97 bits per heavy atom. The molecular formula is C52H69N11O9. The lowest BCUT2D eigenvalue weighted by atomic mass is 10.0. The number of carbonyl (C=O) groups is 3. The normalized spacial score (nSPS) is 14.2. The van der Waals surface area contributed by atoms with E-state index in [-0.39, 0.29) is 34.8 Å². The fraction of sp³-hybridized carbons (Fsp3) is 0.500. The van der Waals surface area contributed by atoms with Crippen LogP contribution in [0.5, 0.6) is 0 Å². The number of ketones is 1. The lowest BCUT2D eigenvalue weighted by Gasteiger charge is -2.35. The van der Waals surface area contributed by atoms with Crippen LogP contribution in [-0.4, -0.2) is 159 Å². The number of aryl methyl sites for hydroxylation is 3. The fourth-order valence-electron chi connectivity index (χ4n) is 8.77. The quantitative estimate of drug-likeness (QED) is 0.0371. The lowest BCUT2D eigenvalue weighted by molar-refractivity contribution is -0.122. The van der Waals surface area contributed by atoms with E-state index >= 15 is 0 Å². The summed E-state index contributed by atoms with van der Waals surface area (Å²) in [6.07, 6.45) is 8.94. The van der Waals surface area contributed by atoms with Crippen molar-refractivity contribution in [1.82, 2.24) is 34.7 Å². The van der Waals surface area contributed by atoms with Gasteiger partial charge in [0.05, 0.1) is 102 Å². The molecule has 72 heavy (non-hydrogen) atoms. The van der Waals surface area contributed by atoms with Gasteiger partial charge in [0.15, 0.2) is 5.78 Å². The Balaban J connectivity index is 0.659. The molecule has 4 aromatic heterocycles. The van der Waals surface area contributed by atoms with Crippen molar-refractivity contribution in [1.29, 1.82) is 0 Å². The number of aromatic nitrogens is 5. The molecule has 2 fully saturated rings. The van der Waals surface area contributed by atoms with Gasteiger partial charge in [0.1, 0.15) is 11.5 Å². The van der Waals surface area contributed by atoms with E-state index < -0.39 is 0 Å². The summed E-state index contributed by atoms with van der Waals surface area (Å²) in [7, 11) is 0. The van der Waals surface area contributed by atoms with Crippen LogP contribution in [0.2, 0.25) is 0 Å². The standard InChI is InChI=1S/C52H69N11O9/c1-36-31-40(11-13-44(36)50(66)58-41-10-9-37(2)55-32-41)53-15-21-68-23-25-70-27-29-72-30-28-71-26-24-69-22-16-54-47(65)35-61-17-19-62(20-18-61)43-12-14-46(56-33-43)59-52-57-34-45-38(3)48(39(4)64)51(67)63(49(45)60-52)42-7-5-6-8-42/h9-14,31-34,42,53H,5-8,15-30,35H2,1-4H3,(H,54,65)(H,58,66)(H,56,57,59,60). The van der Waals surface area contributed by atoms with E-state index in [0.29, 0.717) is 125 Å². The molecule has 4 N–H and O–H groups in total. The van der Waals surface area contributed by atoms with Crippen molar-refractivity contribution in [3.8, 4) is 0 Å². The molecule has 2 aliphatic rings. The van der Waals surface area contributed by atoms with Crippen LogP contribution in [0.3, 0.4) is 0 Å². The highest BCUT2D eigenvalue weighted by Crippen LogP contribution is 2.32. The number of anilines is 5. The first-order valence-corrected chi connectivity index (χ1v) is 24.9. The smallest absolute Gasteiger partial charge is 0.263 e. The molecule has 20 nitrogen and oxygen atoms in total. The number of carbonyl (C=O) groups excluding carboxylic acids is 3. The first kappa shape index (κ1) is 53.4. The molecule has 0 radical (unpaired) electrons. The third kappa shape index (κ3) is 15.5. The molecular weight excluding hydrogens is 923 g/mol. The summed E-state index contributed by atoms with van der Waals surface area (Å²) < 4.78 is 29.7. The van der Waals surface area contributed by atoms with Gasteiger partial charge in [-0.3, -0.25) is 33.6 Å². The van der Waals surface area contributed by atoms with Crippen LogP contribution in [-0.2, 0) is 28.5 Å². The highest BCUT2D eigenvalue weighted by atomic mass is 16.6. The minimum Gasteiger partial charge on any atom is -0.383 e. The maximum absolute atomic E-state index is 13.6. The van der Waals surface area contributed by atoms with E-state index in [1.807, 2.05) is 62.5 Å². The first-order chi connectivity index (χ1) is 35.0. The fourth-order valence-corrected chi connectivity index (χ4v) is 8.77. The molecule has 1 saturated heterocycles. The molecule has 386 valence electrons. The summed E-state index contributed by atoms with van der Waals surface area (Å²) in [5.41, 5.74) is 5.97. The lowest BCUT2D eigenvalue weighted by Crippen LogP contribution is -2.49. The zero-order valence-corrected chi connectivity index (χ0v) is 42.0. The Labute approximate surface area is 420 Å². The van der Waals surface area contributed by atoms with Crippen LogP contribution >= 0.6 is 0 Å². The number of nitrogens with one attached hydrogen (secondary N) is 4. The van der Waals surface area contributed by atoms with Crippen molar-refractivity contribution in [2.24, 2.45) is 0 Å². The van der Waals surface area contributed by atoms with Gasteiger partial charge in [0, 0.05) is 73.8 Å². The Morgan fingerprint density at radius 2 is 1.36 bits per heavy atom. The summed E-state index contributed by atoms with van der Waals surface area (Å²) >= 11 is 0. The number of hydrogen-bond acceptors (Lipinski definition) is 17. The molecule has 0 atom stereocenters. The highest BCUT2D eigenvalue weighted by Gasteiger charge is 2.26. The predicted molar refractivity (Wildman–Crippen MR) is 276 cm³/mol. The second-order valence-electron chi connectivity index (χ2n) is 17.9. The molecule has 20 heteroatoms. The predicted octanol–water partition coefficient (Wildman–Crippen LogP) is 5.25. The Hall–Kier alpha value is -6.42. The van der Waals surface area contributed by atoms with Crippen LogP contribution in [0.25, 0.3) is 11.0 Å². The summed E-state index contributed by atoms with van der Waals surface area (Å²) in [6.45, 7) is 15.9. The number of Topliss-reactive ketones (excluding diaryl/α,β-unsaturated/α-hetero) is 1. The van der Waals surface area contributed by atoms with Crippen molar-refractivity contribution < 1.29 is 38.1 Å². The van der Waals surface area contributed by atoms with Crippen molar-refractivity contribution in [3.63, 3.8) is 0 Å². The van der Waals surface area contributed by atoms with Crippen molar-refractivity contribution >= 4 is 57.5 Å². The van der Waals surface area contributed by atoms with E-state index in [1.165, 1.54) is 6.92 Å². The summed E-state index contributed by atoms with van der Waals surface area (Å²) in [4.78, 5) is 73.8. The number of fused-ring (bicyclic) bond motifs is 1. The largest absolute Gasteiger partial charge is 0.383 e. The SMILES string of the molecule is CC(=O)c1c(C)c2cnc(Nc3ccc(N4CCN(CC(=O)NCCOCCOCCOCCOCCOCCNc5ccc(C(=O)Nc6ccc(C)nc6)c(C)c5)CC4)cn3)nc2n(C2CCCC2)c1=O. The zero-order chi connectivity index (χ0) is 50.7. The molecule has 0 spiro atoms. The number of benzene rings is 1. The molecule has 1 saturated carbocycles. The monoisotopic (exact) mass is 992 g/mol. The molecule has 7 rings (SSSR count). The number of pyridine rings is 3. The molecule has 5 heterocycles. The molecule has 1 aliphatic heterocycles. The van der Waals surface area contributed by atoms with Crippen LogP contribution < -0.4 is 31.7 Å². The Morgan fingerprint density at radius 1 is 0.708 bits per heavy atom. The van der Waals surface area contributed by atoms with Crippen molar-refractivity contribution in [2.45, 2.75) is 59.4 Å². The van der Waals surface area contributed by atoms with Crippen molar-refractivity contribution in [2.75, 3.05) is 133 Å². The average molecular weight is 992 g/mol. The number of hydrogen-bond donors (Lipinski definition) is 4. The molecule has 5 aromatic rings. The summed E-state index contributed by atoms with van der Waals surface area (Å²) in [5.74, 6) is 0.432. The topological polar surface area (TPSA) is 226 Å².